The Hall–Kier alpha value is -1.65. The number of hydrogen-bond donors (Lipinski definition) is 0. The van der Waals surface area contributed by atoms with E-state index < -0.39 is 27.8 Å². The van der Waals surface area contributed by atoms with Crippen molar-refractivity contribution in [3.8, 4) is 6.07 Å². The van der Waals surface area contributed by atoms with E-state index in [1.54, 1.807) is 0 Å². The molecule has 0 bridgehead atoms. The van der Waals surface area contributed by atoms with Crippen LogP contribution in [0.15, 0.2) is 18.2 Å². The van der Waals surface area contributed by atoms with Gasteiger partial charge in [-0.25, -0.2) is 0 Å². The first-order valence-electron chi connectivity index (χ1n) is 5.26. The Balaban J connectivity index is 2.42. The van der Waals surface area contributed by atoms with Crippen LogP contribution in [-0.2, 0) is 15.0 Å². The predicted octanol–water partition coefficient (Wildman–Crippen LogP) is 1.62. The van der Waals surface area contributed by atoms with E-state index in [1.165, 1.54) is 18.2 Å². The molecule has 1 unspecified atom stereocenters. The van der Waals surface area contributed by atoms with Gasteiger partial charge in [-0.05, 0) is 18.2 Å². The Labute approximate surface area is 114 Å². The third-order valence-electron chi connectivity index (χ3n) is 2.86. The maximum atomic E-state index is 12.9. The van der Waals surface area contributed by atoms with Gasteiger partial charge in [-0.15, -0.1) is 3.89 Å². The molecule has 0 aromatic heterocycles. The van der Waals surface area contributed by atoms with Crippen LogP contribution < -0.4 is 4.90 Å². The lowest BCUT2D eigenvalue weighted by Crippen LogP contribution is -2.27. The number of rotatable bonds is 2. The molecule has 5 nitrogen and oxygen atoms in total. The normalized spacial score (nSPS) is 19.5. The van der Waals surface area contributed by atoms with Crippen molar-refractivity contribution in [1.29, 1.82) is 5.26 Å². The van der Waals surface area contributed by atoms with Gasteiger partial charge in [0.2, 0.25) is 5.91 Å². The van der Waals surface area contributed by atoms with E-state index in [1.807, 2.05) is 6.07 Å². The lowest BCUT2D eigenvalue weighted by atomic mass is 10.2. The van der Waals surface area contributed by atoms with Crippen molar-refractivity contribution in [3.05, 3.63) is 28.8 Å². The van der Waals surface area contributed by atoms with Crippen molar-refractivity contribution >= 4 is 33.4 Å². The maximum absolute atomic E-state index is 12.9. The SMILES string of the molecule is N#Cc1ccc(Cl)cc1N1CC(S(=O)(=O)F)CC1=O. The maximum Gasteiger partial charge on any atom is 0.307 e. The van der Waals surface area contributed by atoms with Crippen LogP contribution in [0.5, 0.6) is 0 Å². The van der Waals surface area contributed by atoms with Gasteiger partial charge >= 0.3 is 10.2 Å². The van der Waals surface area contributed by atoms with Crippen LogP contribution >= 0.6 is 11.6 Å². The van der Waals surface area contributed by atoms with Gasteiger partial charge in [-0.1, -0.05) is 11.6 Å². The summed E-state index contributed by atoms with van der Waals surface area (Å²) in [4.78, 5) is 12.8. The smallest absolute Gasteiger partial charge is 0.307 e. The first-order chi connectivity index (χ1) is 8.82. The molecule has 0 aliphatic carbocycles. The lowest BCUT2D eigenvalue weighted by Gasteiger charge is -2.17. The summed E-state index contributed by atoms with van der Waals surface area (Å²) < 4.78 is 34.6. The lowest BCUT2D eigenvalue weighted by molar-refractivity contribution is -0.117. The highest BCUT2D eigenvalue weighted by Crippen LogP contribution is 2.30. The molecule has 1 aliphatic heterocycles. The van der Waals surface area contributed by atoms with E-state index in [0.29, 0.717) is 5.02 Å². The summed E-state index contributed by atoms with van der Waals surface area (Å²) in [6, 6.07) is 6.16. The molecule has 1 atom stereocenters. The Kier molecular flexibility index (Phi) is 3.47. The number of amides is 1. The van der Waals surface area contributed by atoms with E-state index in [-0.39, 0.29) is 17.8 Å². The average molecular weight is 303 g/mol. The molecular formula is C11H8ClFN2O3S. The highest BCUT2D eigenvalue weighted by molar-refractivity contribution is 7.87. The molecule has 0 N–H and O–H groups in total. The summed E-state index contributed by atoms with van der Waals surface area (Å²) in [5, 5.41) is 7.86. The zero-order valence-corrected chi connectivity index (χ0v) is 11.1. The number of hydrogen-bond acceptors (Lipinski definition) is 4. The number of anilines is 1. The molecule has 1 heterocycles. The molecule has 0 spiro atoms. The molecule has 19 heavy (non-hydrogen) atoms. The molecule has 1 aliphatic rings. The first kappa shape index (κ1) is 13.8. The monoisotopic (exact) mass is 302 g/mol. The number of nitriles is 1. The summed E-state index contributed by atoms with van der Waals surface area (Å²) in [6.45, 7) is -0.313. The van der Waals surface area contributed by atoms with Gasteiger partial charge in [0.1, 0.15) is 11.3 Å². The van der Waals surface area contributed by atoms with Gasteiger partial charge in [-0.3, -0.25) is 4.79 Å². The van der Waals surface area contributed by atoms with Crippen molar-refractivity contribution in [2.24, 2.45) is 0 Å². The van der Waals surface area contributed by atoms with Gasteiger partial charge in [0, 0.05) is 18.0 Å². The van der Waals surface area contributed by atoms with Crippen LogP contribution in [0.25, 0.3) is 0 Å². The van der Waals surface area contributed by atoms with Crippen LogP contribution in [-0.4, -0.2) is 26.1 Å². The average Bonchev–Trinajstić information content (AvgIpc) is 2.71. The van der Waals surface area contributed by atoms with Crippen molar-refractivity contribution < 1.29 is 17.1 Å². The molecule has 1 amide bonds. The highest BCUT2D eigenvalue weighted by Gasteiger charge is 2.39. The number of halogens is 2. The van der Waals surface area contributed by atoms with Crippen molar-refractivity contribution in [1.82, 2.24) is 0 Å². The molecule has 1 fully saturated rings. The van der Waals surface area contributed by atoms with Crippen molar-refractivity contribution in [2.75, 3.05) is 11.4 Å². The summed E-state index contributed by atoms with van der Waals surface area (Å²) in [6.07, 6.45) is -0.434. The van der Waals surface area contributed by atoms with Gasteiger partial charge < -0.3 is 4.90 Å². The Morgan fingerprint density at radius 3 is 2.68 bits per heavy atom. The summed E-state index contributed by atoms with van der Waals surface area (Å²) >= 11 is 5.79. The third kappa shape index (κ3) is 2.69. The molecule has 8 heteroatoms. The van der Waals surface area contributed by atoms with E-state index in [2.05, 4.69) is 0 Å². The molecule has 0 radical (unpaired) electrons. The van der Waals surface area contributed by atoms with Crippen LogP contribution in [0.2, 0.25) is 5.02 Å². The Bertz CT molecular complexity index is 684. The highest BCUT2D eigenvalue weighted by atomic mass is 35.5. The summed E-state index contributed by atoms with van der Waals surface area (Å²) in [5.74, 6) is -0.551. The second-order valence-electron chi connectivity index (χ2n) is 4.08. The second kappa shape index (κ2) is 4.79. The van der Waals surface area contributed by atoms with Gasteiger partial charge in [-0.2, -0.15) is 13.7 Å². The minimum atomic E-state index is -4.78. The van der Waals surface area contributed by atoms with Crippen LogP contribution in [0, 0.1) is 11.3 Å². The zero-order valence-electron chi connectivity index (χ0n) is 9.51. The largest absolute Gasteiger partial charge is 0.310 e. The minimum Gasteiger partial charge on any atom is -0.310 e. The standard InChI is InChI=1S/C11H8ClFN2O3S/c12-8-2-1-7(5-14)10(3-8)15-6-9(4-11(15)16)19(13,17)18/h1-3,9H,4,6H2. The number of carbonyl (C=O) groups excluding carboxylic acids is 1. The van der Waals surface area contributed by atoms with E-state index in [4.69, 9.17) is 16.9 Å². The molecule has 1 aromatic carbocycles. The molecule has 0 saturated carbocycles. The predicted molar refractivity (Wildman–Crippen MR) is 67.0 cm³/mol. The van der Waals surface area contributed by atoms with Gasteiger partial charge in [0.15, 0.2) is 0 Å². The van der Waals surface area contributed by atoms with E-state index in [0.717, 1.165) is 4.90 Å². The summed E-state index contributed by atoms with van der Waals surface area (Å²) in [5.41, 5.74) is 0.376. The Morgan fingerprint density at radius 2 is 2.16 bits per heavy atom. The minimum absolute atomic E-state index is 0.176. The van der Waals surface area contributed by atoms with Crippen LogP contribution in [0.1, 0.15) is 12.0 Å². The zero-order chi connectivity index (χ0) is 14.2. The van der Waals surface area contributed by atoms with Gasteiger partial charge in [0.25, 0.3) is 0 Å². The van der Waals surface area contributed by atoms with Crippen LogP contribution in [0.3, 0.4) is 0 Å². The fraction of sp³-hybridized carbons (Fsp3) is 0.273. The Morgan fingerprint density at radius 1 is 1.47 bits per heavy atom. The van der Waals surface area contributed by atoms with Crippen LogP contribution in [0.4, 0.5) is 9.57 Å². The molecule has 1 saturated heterocycles. The van der Waals surface area contributed by atoms with Gasteiger partial charge in [0.05, 0.1) is 11.3 Å². The molecule has 1 aromatic rings. The second-order valence-corrected chi connectivity index (χ2v) is 6.13. The number of nitrogens with zero attached hydrogens (tertiary/aromatic N) is 2. The summed E-state index contributed by atoms with van der Waals surface area (Å²) in [7, 11) is -4.78. The molecular weight excluding hydrogens is 295 g/mol. The van der Waals surface area contributed by atoms with E-state index >= 15 is 0 Å². The van der Waals surface area contributed by atoms with Crippen molar-refractivity contribution in [3.63, 3.8) is 0 Å². The molecule has 2 rings (SSSR count). The van der Waals surface area contributed by atoms with E-state index in [9.17, 15) is 17.1 Å². The first-order valence-corrected chi connectivity index (χ1v) is 7.09. The van der Waals surface area contributed by atoms with Crippen molar-refractivity contribution in [2.45, 2.75) is 11.7 Å². The molecule has 100 valence electrons. The third-order valence-corrected chi connectivity index (χ3v) is 4.21. The topological polar surface area (TPSA) is 78.2 Å². The fourth-order valence-electron chi connectivity index (χ4n) is 1.92. The quantitative estimate of drug-likeness (QED) is 0.778. The number of benzene rings is 1. The fourth-order valence-corrected chi connectivity index (χ4v) is 2.75. The number of carbonyl (C=O) groups is 1.